The minimum atomic E-state index is -0.353. The van der Waals surface area contributed by atoms with Crippen molar-refractivity contribution in [2.75, 3.05) is 7.11 Å². The summed E-state index contributed by atoms with van der Waals surface area (Å²) < 4.78 is 7.36. The third-order valence-corrected chi connectivity index (χ3v) is 4.23. The zero-order valence-corrected chi connectivity index (χ0v) is 14.7. The maximum atomic E-state index is 12.7. The van der Waals surface area contributed by atoms with Crippen LogP contribution in [0, 0.1) is 11.1 Å². The van der Waals surface area contributed by atoms with Gasteiger partial charge in [0, 0.05) is 36.1 Å². The van der Waals surface area contributed by atoms with Crippen molar-refractivity contribution in [2.45, 2.75) is 20.3 Å². The second-order valence-corrected chi connectivity index (χ2v) is 6.49. The largest absolute Gasteiger partial charge is 0.616 e. The van der Waals surface area contributed by atoms with Crippen molar-refractivity contribution in [1.29, 1.82) is 0 Å². The summed E-state index contributed by atoms with van der Waals surface area (Å²) in [4.78, 5) is 15.8. The van der Waals surface area contributed by atoms with Gasteiger partial charge in [0.25, 0.3) is 5.69 Å². The number of H-pyrrole nitrogens is 1. The fourth-order valence-electron chi connectivity index (χ4n) is 3.08. The van der Waals surface area contributed by atoms with E-state index in [-0.39, 0.29) is 28.8 Å². The summed E-state index contributed by atoms with van der Waals surface area (Å²) in [6.45, 7) is 3.89. The van der Waals surface area contributed by atoms with Crippen LogP contribution < -0.4 is 15.0 Å². The Labute approximate surface area is 144 Å². The molecule has 0 atom stereocenters. The molecule has 2 aromatic heterocycles. The first-order chi connectivity index (χ1) is 11.8. The summed E-state index contributed by atoms with van der Waals surface area (Å²) >= 11 is 0. The number of fused-ring (bicyclic) bond motifs is 1. The van der Waals surface area contributed by atoms with Gasteiger partial charge < -0.3 is 20.0 Å². The Kier molecular flexibility index (Phi) is 4.16. The van der Waals surface area contributed by atoms with Gasteiger partial charge in [-0.1, -0.05) is 13.8 Å². The molecule has 0 aliphatic rings. The molecule has 3 rings (SSSR count). The number of hydrogen-bond acceptors (Lipinski definition) is 4. The SMILES string of the molecule is COc1c(-c2c[nH]c3ccc(O)cc23)n(C)c(=O)c(CC(C)C)[n+]1[O-]. The molecule has 0 radical (unpaired) electrons. The fourth-order valence-corrected chi connectivity index (χ4v) is 3.08. The number of methoxy groups -OCH3 is 1. The van der Waals surface area contributed by atoms with Gasteiger partial charge in [0.15, 0.2) is 5.69 Å². The molecule has 0 fully saturated rings. The molecule has 0 bridgehead atoms. The van der Waals surface area contributed by atoms with Gasteiger partial charge in [-0.2, -0.15) is 0 Å². The highest BCUT2D eigenvalue weighted by molar-refractivity contribution is 5.96. The Balaban J connectivity index is 2.36. The van der Waals surface area contributed by atoms with Gasteiger partial charge in [0.05, 0.1) is 7.11 Å². The maximum Gasteiger partial charge on any atom is 0.404 e. The van der Waals surface area contributed by atoms with Crippen LogP contribution in [0.5, 0.6) is 11.6 Å². The van der Waals surface area contributed by atoms with Gasteiger partial charge in [-0.15, -0.1) is 4.73 Å². The van der Waals surface area contributed by atoms with E-state index in [1.54, 1.807) is 31.4 Å². The van der Waals surface area contributed by atoms with Crippen LogP contribution in [0.4, 0.5) is 0 Å². The molecule has 2 N–H and O–H groups in total. The summed E-state index contributed by atoms with van der Waals surface area (Å²) in [5, 5.41) is 23.2. The molecule has 1 aromatic carbocycles. The molecule has 0 aliphatic heterocycles. The molecule has 25 heavy (non-hydrogen) atoms. The highest BCUT2D eigenvalue weighted by atomic mass is 16.5. The minimum absolute atomic E-state index is 0.0574. The van der Waals surface area contributed by atoms with Crippen molar-refractivity contribution in [1.82, 2.24) is 9.55 Å². The van der Waals surface area contributed by atoms with Crippen molar-refractivity contribution >= 4 is 10.9 Å². The van der Waals surface area contributed by atoms with Gasteiger partial charge in [0.2, 0.25) is 0 Å². The molecule has 0 aliphatic carbocycles. The predicted octanol–water partition coefficient (Wildman–Crippen LogP) is 2.08. The summed E-state index contributed by atoms with van der Waals surface area (Å²) in [6.07, 6.45) is 2.06. The van der Waals surface area contributed by atoms with Crippen LogP contribution in [0.2, 0.25) is 0 Å². The van der Waals surface area contributed by atoms with E-state index in [0.29, 0.717) is 27.8 Å². The lowest BCUT2D eigenvalue weighted by molar-refractivity contribution is -0.622. The molecule has 3 aromatic rings. The average molecular weight is 343 g/mol. The van der Waals surface area contributed by atoms with Crippen LogP contribution in [-0.2, 0) is 13.5 Å². The van der Waals surface area contributed by atoms with E-state index < -0.39 is 0 Å². The lowest BCUT2D eigenvalue weighted by Crippen LogP contribution is -2.44. The lowest BCUT2D eigenvalue weighted by atomic mass is 10.1. The molecule has 7 nitrogen and oxygen atoms in total. The van der Waals surface area contributed by atoms with Gasteiger partial charge in [-0.3, -0.25) is 9.36 Å². The molecule has 0 unspecified atom stereocenters. The Morgan fingerprint density at radius 3 is 2.76 bits per heavy atom. The Hall–Kier alpha value is -2.96. The van der Waals surface area contributed by atoms with Gasteiger partial charge >= 0.3 is 11.4 Å². The molecule has 0 saturated heterocycles. The number of hydrogen-bond donors (Lipinski definition) is 2. The minimum Gasteiger partial charge on any atom is -0.616 e. The van der Waals surface area contributed by atoms with Crippen molar-refractivity contribution in [3.05, 3.63) is 45.7 Å². The zero-order valence-electron chi connectivity index (χ0n) is 14.7. The highest BCUT2D eigenvalue weighted by Crippen LogP contribution is 2.34. The van der Waals surface area contributed by atoms with Crippen LogP contribution in [0.25, 0.3) is 22.2 Å². The number of benzene rings is 1. The first-order valence-electron chi connectivity index (χ1n) is 8.05. The Morgan fingerprint density at radius 2 is 2.12 bits per heavy atom. The van der Waals surface area contributed by atoms with Crippen LogP contribution in [0.1, 0.15) is 19.5 Å². The predicted molar refractivity (Wildman–Crippen MR) is 94.7 cm³/mol. The Bertz CT molecular complexity index is 1000. The summed E-state index contributed by atoms with van der Waals surface area (Å²) in [7, 11) is 3.02. The number of aromatic hydroxyl groups is 1. The molecular formula is C18H21N3O4. The topological polar surface area (TPSA) is 94.2 Å². The average Bonchev–Trinajstić information content (AvgIpc) is 2.97. The van der Waals surface area contributed by atoms with Crippen LogP contribution >= 0.6 is 0 Å². The van der Waals surface area contributed by atoms with Crippen molar-refractivity contribution < 1.29 is 14.6 Å². The standard InChI is InChI=1S/C18H21N3O4/c1-10(2)7-15-17(23)20(3)16(18(25-4)21(15)24)13-9-19-14-6-5-11(22)8-12(13)14/h5-6,8-10,19,22H,7H2,1-4H3. The van der Waals surface area contributed by atoms with Crippen LogP contribution in [-0.4, -0.2) is 21.8 Å². The summed E-state index contributed by atoms with van der Waals surface area (Å²) in [5.41, 5.74) is 1.57. The number of rotatable bonds is 4. The van der Waals surface area contributed by atoms with E-state index >= 15 is 0 Å². The van der Waals surface area contributed by atoms with E-state index in [1.807, 2.05) is 13.8 Å². The number of phenolic OH excluding ortho intramolecular Hbond substituents is 1. The van der Waals surface area contributed by atoms with E-state index in [0.717, 1.165) is 5.52 Å². The first-order valence-corrected chi connectivity index (χ1v) is 8.05. The third kappa shape index (κ3) is 2.71. The zero-order chi connectivity index (χ0) is 18.3. The van der Waals surface area contributed by atoms with Gasteiger partial charge in [-0.05, 0) is 24.1 Å². The maximum absolute atomic E-state index is 12.7. The van der Waals surface area contributed by atoms with Crippen molar-refractivity contribution in [2.24, 2.45) is 13.0 Å². The van der Waals surface area contributed by atoms with Crippen molar-refractivity contribution in [3.8, 4) is 22.9 Å². The molecule has 132 valence electrons. The van der Waals surface area contributed by atoms with E-state index in [4.69, 9.17) is 4.74 Å². The molecule has 0 spiro atoms. The summed E-state index contributed by atoms with van der Waals surface area (Å²) in [6, 6.07) is 4.89. The van der Waals surface area contributed by atoms with Crippen LogP contribution in [0.15, 0.2) is 29.2 Å². The molecule has 2 heterocycles. The monoisotopic (exact) mass is 343 g/mol. The van der Waals surface area contributed by atoms with Gasteiger partial charge in [0.1, 0.15) is 5.75 Å². The second kappa shape index (κ2) is 6.16. The number of nitrogens with one attached hydrogen (secondary N) is 1. The van der Waals surface area contributed by atoms with E-state index in [1.165, 1.54) is 11.7 Å². The number of aromatic nitrogens is 3. The number of nitrogens with zero attached hydrogens (tertiary/aromatic N) is 2. The van der Waals surface area contributed by atoms with Gasteiger partial charge in [-0.25, -0.2) is 0 Å². The highest BCUT2D eigenvalue weighted by Gasteiger charge is 2.28. The van der Waals surface area contributed by atoms with E-state index in [2.05, 4.69) is 4.98 Å². The summed E-state index contributed by atoms with van der Waals surface area (Å²) in [5.74, 6) is 0.319. The second-order valence-electron chi connectivity index (χ2n) is 6.49. The number of aromatic amines is 1. The lowest BCUT2D eigenvalue weighted by Gasteiger charge is -2.15. The fraction of sp³-hybridized carbons (Fsp3) is 0.333. The smallest absolute Gasteiger partial charge is 0.404 e. The number of ether oxygens (including phenoxy) is 1. The van der Waals surface area contributed by atoms with E-state index in [9.17, 15) is 15.1 Å². The first kappa shape index (κ1) is 16.9. The normalized spacial score (nSPS) is 11.4. The molecule has 0 amide bonds. The molecule has 7 heteroatoms. The number of phenols is 1. The van der Waals surface area contributed by atoms with Crippen LogP contribution in [0.3, 0.4) is 0 Å². The molecular weight excluding hydrogens is 322 g/mol. The molecule has 0 saturated carbocycles. The van der Waals surface area contributed by atoms with Crippen molar-refractivity contribution in [3.63, 3.8) is 0 Å². The quantitative estimate of drug-likeness (QED) is 0.560. The Morgan fingerprint density at radius 1 is 1.40 bits per heavy atom. The third-order valence-electron chi connectivity index (χ3n) is 4.23.